The van der Waals surface area contributed by atoms with Gasteiger partial charge < -0.3 is 10.1 Å². The molecule has 0 unspecified atom stereocenters. The number of hydrogen-bond donors (Lipinski definition) is 1. The largest absolute Gasteiger partial charge is 0.494 e. The topological polar surface area (TPSA) is 64.1 Å². The first-order chi connectivity index (χ1) is 10.7. The number of nitrogens with zero attached hydrogens (tertiary/aromatic N) is 2. The molecule has 1 N–H and O–H groups in total. The third-order valence-electron chi connectivity index (χ3n) is 2.98. The number of carbonyl (C=O) groups is 1. The van der Waals surface area contributed by atoms with Gasteiger partial charge in [-0.05, 0) is 36.8 Å². The molecule has 1 heterocycles. The summed E-state index contributed by atoms with van der Waals surface area (Å²) in [6.07, 6.45) is 4.01. The minimum atomic E-state index is -0.0614. The fourth-order valence-electron chi connectivity index (χ4n) is 1.77. The number of aromatic nitrogens is 2. The highest BCUT2D eigenvalue weighted by atomic mass is 32.2. The molecule has 1 aromatic heterocycles. The first kappa shape index (κ1) is 16.8. The lowest BCUT2D eigenvalue weighted by Gasteiger charge is -2.06. The number of carbonyl (C=O) groups excluding carboxylic acids is 1. The average molecular weight is 337 g/mol. The van der Waals surface area contributed by atoms with E-state index < -0.39 is 0 Å². The summed E-state index contributed by atoms with van der Waals surface area (Å²) in [5, 5.41) is 11.1. The highest BCUT2D eigenvalue weighted by molar-refractivity contribution is 8.00. The van der Waals surface area contributed by atoms with Crippen LogP contribution in [0.3, 0.4) is 0 Å². The molecule has 1 amide bonds. The Morgan fingerprint density at radius 2 is 2.09 bits per heavy atom. The van der Waals surface area contributed by atoms with Gasteiger partial charge in [-0.2, -0.15) is 0 Å². The third-order valence-corrected chi connectivity index (χ3v) is 4.79. The SMILES string of the molecule is CCc1ccc(OCCCC(=O)Nc2nnc(SC)s2)cc1. The second kappa shape index (κ2) is 8.75. The van der Waals surface area contributed by atoms with Gasteiger partial charge in [0.1, 0.15) is 5.75 Å². The fraction of sp³-hybridized carbons (Fsp3) is 0.400. The van der Waals surface area contributed by atoms with Crippen molar-refractivity contribution in [3.05, 3.63) is 29.8 Å². The molecule has 2 rings (SSSR count). The smallest absolute Gasteiger partial charge is 0.226 e. The first-order valence-corrected chi connectivity index (χ1v) is 9.14. The molecule has 2 aromatic rings. The molecular formula is C15H19N3O2S2. The van der Waals surface area contributed by atoms with Crippen molar-refractivity contribution in [3.8, 4) is 5.75 Å². The van der Waals surface area contributed by atoms with Crippen LogP contribution in [0, 0.1) is 0 Å². The minimum absolute atomic E-state index is 0.0614. The Bertz CT molecular complexity index is 599. The van der Waals surface area contributed by atoms with E-state index in [0.29, 0.717) is 24.6 Å². The number of rotatable bonds is 8. The molecule has 0 saturated carbocycles. The molecule has 0 radical (unpaired) electrons. The fourth-order valence-corrected chi connectivity index (χ4v) is 2.95. The van der Waals surface area contributed by atoms with E-state index >= 15 is 0 Å². The van der Waals surface area contributed by atoms with Crippen LogP contribution in [-0.4, -0.2) is 29.0 Å². The van der Waals surface area contributed by atoms with Gasteiger partial charge in [0.25, 0.3) is 0 Å². The summed E-state index contributed by atoms with van der Waals surface area (Å²) in [4.78, 5) is 11.8. The third kappa shape index (κ3) is 5.31. The molecule has 0 fully saturated rings. The van der Waals surface area contributed by atoms with Crippen LogP contribution in [0.1, 0.15) is 25.3 Å². The van der Waals surface area contributed by atoms with Crippen LogP contribution in [0.5, 0.6) is 5.75 Å². The van der Waals surface area contributed by atoms with Crippen molar-refractivity contribution in [2.75, 3.05) is 18.2 Å². The Morgan fingerprint density at radius 3 is 2.73 bits per heavy atom. The molecule has 118 valence electrons. The quantitative estimate of drug-likeness (QED) is 0.453. The molecule has 0 saturated heterocycles. The highest BCUT2D eigenvalue weighted by Gasteiger charge is 2.07. The van der Waals surface area contributed by atoms with Gasteiger partial charge in [0.15, 0.2) is 4.34 Å². The Balaban J connectivity index is 1.66. The van der Waals surface area contributed by atoms with E-state index in [1.165, 1.54) is 28.7 Å². The Kier molecular flexibility index (Phi) is 6.67. The van der Waals surface area contributed by atoms with Crippen molar-refractivity contribution in [1.29, 1.82) is 0 Å². The van der Waals surface area contributed by atoms with Crippen molar-refractivity contribution < 1.29 is 9.53 Å². The highest BCUT2D eigenvalue weighted by Crippen LogP contribution is 2.23. The maximum atomic E-state index is 11.8. The predicted molar refractivity (Wildman–Crippen MR) is 90.9 cm³/mol. The number of amides is 1. The number of nitrogens with one attached hydrogen (secondary N) is 1. The van der Waals surface area contributed by atoms with Crippen LogP contribution < -0.4 is 10.1 Å². The Labute approximate surface area is 138 Å². The molecule has 0 spiro atoms. The van der Waals surface area contributed by atoms with E-state index in [1.807, 2.05) is 18.4 Å². The normalized spacial score (nSPS) is 10.5. The maximum absolute atomic E-state index is 11.8. The van der Waals surface area contributed by atoms with Crippen LogP contribution >= 0.6 is 23.1 Å². The van der Waals surface area contributed by atoms with Crippen LogP contribution in [-0.2, 0) is 11.2 Å². The monoisotopic (exact) mass is 337 g/mol. The van der Waals surface area contributed by atoms with E-state index in [2.05, 4.69) is 34.6 Å². The van der Waals surface area contributed by atoms with E-state index in [9.17, 15) is 4.79 Å². The molecule has 0 aliphatic heterocycles. The van der Waals surface area contributed by atoms with E-state index in [4.69, 9.17) is 4.74 Å². The van der Waals surface area contributed by atoms with Crippen molar-refractivity contribution in [1.82, 2.24) is 10.2 Å². The van der Waals surface area contributed by atoms with Crippen molar-refractivity contribution >= 4 is 34.1 Å². The lowest BCUT2D eigenvalue weighted by Crippen LogP contribution is -2.12. The summed E-state index contributed by atoms with van der Waals surface area (Å²) in [7, 11) is 0. The number of anilines is 1. The molecular weight excluding hydrogens is 318 g/mol. The van der Waals surface area contributed by atoms with Gasteiger partial charge in [-0.25, -0.2) is 0 Å². The van der Waals surface area contributed by atoms with Gasteiger partial charge in [0, 0.05) is 6.42 Å². The maximum Gasteiger partial charge on any atom is 0.226 e. The second-order valence-corrected chi connectivity index (χ2v) is 6.61. The van der Waals surface area contributed by atoms with Crippen LogP contribution in [0.2, 0.25) is 0 Å². The van der Waals surface area contributed by atoms with E-state index in [1.54, 1.807) is 0 Å². The van der Waals surface area contributed by atoms with Crippen molar-refractivity contribution in [2.45, 2.75) is 30.5 Å². The van der Waals surface area contributed by atoms with Crippen LogP contribution in [0.25, 0.3) is 0 Å². The number of benzene rings is 1. The Morgan fingerprint density at radius 1 is 1.32 bits per heavy atom. The van der Waals surface area contributed by atoms with Gasteiger partial charge in [0.2, 0.25) is 11.0 Å². The number of aryl methyl sites for hydroxylation is 1. The minimum Gasteiger partial charge on any atom is -0.494 e. The molecule has 22 heavy (non-hydrogen) atoms. The molecule has 1 aromatic carbocycles. The molecule has 0 atom stereocenters. The zero-order valence-corrected chi connectivity index (χ0v) is 14.3. The predicted octanol–water partition coefficient (Wildman–Crippen LogP) is 3.62. The molecule has 7 heteroatoms. The number of thioether (sulfide) groups is 1. The molecule has 0 bridgehead atoms. The first-order valence-electron chi connectivity index (χ1n) is 7.10. The average Bonchev–Trinajstić information content (AvgIpc) is 2.99. The van der Waals surface area contributed by atoms with Gasteiger partial charge in [-0.1, -0.05) is 42.2 Å². The molecule has 0 aliphatic carbocycles. The lowest BCUT2D eigenvalue weighted by atomic mass is 10.2. The van der Waals surface area contributed by atoms with Gasteiger partial charge in [0.05, 0.1) is 6.61 Å². The van der Waals surface area contributed by atoms with Crippen molar-refractivity contribution in [3.63, 3.8) is 0 Å². The summed E-state index contributed by atoms with van der Waals surface area (Å²) in [5.41, 5.74) is 1.29. The lowest BCUT2D eigenvalue weighted by molar-refractivity contribution is -0.116. The summed E-state index contributed by atoms with van der Waals surface area (Å²) >= 11 is 2.89. The zero-order chi connectivity index (χ0) is 15.8. The number of hydrogen-bond acceptors (Lipinski definition) is 6. The molecule has 0 aliphatic rings. The summed E-state index contributed by atoms with van der Waals surface area (Å²) < 4.78 is 6.46. The zero-order valence-electron chi connectivity index (χ0n) is 12.7. The van der Waals surface area contributed by atoms with E-state index in [0.717, 1.165) is 16.5 Å². The van der Waals surface area contributed by atoms with Crippen molar-refractivity contribution in [2.24, 2.45) is 0 Å². The van der Waals surface area contributed by atoms with E-state index in [-0.39, 0.29) is 5.91 Å². The van der Waals surface area contributed by atoms with Gasteiger partial charge >= 0.3 is 0 Å². The Hall–Kier alpha value is -1.60. The standard InChI is InChI=1S/C15H19N3O2S2/c1-3-11-6-8-12(9-7-11)20-10-4-5-13(19)16-14-17-18-15(21-2)22-14/h6-9H,3-5,10H2,1-2H3,(H,16,17,19). The summed E-state index contributed by atoms with van der Waals surface area (Å²) in [6.45, 7) is 2.64. The van der Waals surface area contributed by atoms with Gasteiger partial charge in [-0.3, -0.25) is 4.79 Å². The number of ether oxygens (including phenoxy) is 1. The summed E-state index contributed by atoms with van der Waals surface area (Å²) in [6, 6.07) is 8.04. The van der Waals surface area contributed by atoms with Crippen LogP contribution in [0.15, 0.2) is 28.6 Å². The molecule has 5 nitrogen and oxygen atoms in total. The summed E-state index contributed by atoms with van der Waals surface area (Å²) in [5.74, 6) is 0.778. The van der Waals surface area contributed by atoms with Gasteiger partial charge in [-0.15, -0.1) is 10.2 Å². The second-order valence-electron chi connectivity index (χ2n) is 4.57. The van der Waals surface area contributed by atoms with Crippen LogP contribution in [0.4, 0.5) is 5.13 Å².